The van der Waals surface area contributed by atoms with Crippen molar-refractivity contribution in [2.75, 3.05) is 12.0 Å². The lowest BCUT2D eigenvalue weighted by molar-refractivity contribution is 0.152. The fourth-order valence-electron chi connectivity index (χ4n) is 3.64. The Morgan fingerprint density at radius 2 is 1.96 bits per heavy atom. The summed E-state index contributed by atoms with van der Waals surface area (Å²) in [4.78, 5) is 7.20. The van der Waals surface area contributed by atoms with E-state index in [0.717, 1.165) is 28.5 Å². The number of anilines is 1. The highest BCUT2D eigenvalue weighted by Gasteiger charge is 2.18. The molecule has 4 rings (SSSR count). The second kappa shape index (κ2) is 9.13. The minimum Gasteiger partial charge on any atom is -0.296 e. The van der Waals surface area contributed by atoms with Crippen molar-refractivity contribution >= 4 is 22.7 Å². The number of thiazole rings is 1. The molecule has 0 aliphatic carbocycles. The van der Waals surface area contributed by atoms with Crippen LogP contribution in [0.2, 0.25) is 0 Å². The fourth-order valence-corrected chi connectivity index (χ4v) is 4.31. The molecule has 4 nitrogen and oxygen atoms in total. The summed E-state index contributed by atoms with van der Waals surface area (Å²) in [7, 11) is 0. The Morgan fingerprint density at radius 3 is 2.82 bits per heavy atom. The number of hydrazone groups is 1. The molecule has 0 radical (unpaired) electrons. The van der Waals surface area contributed by atoms with Crippen molar-refractivity contribution in [2.45, 2.75) is 38.8 Å². The number of hydrogen-bond acceptors (Lipinski definition) is 5. The van der Waals surface area contributed by atoms with Crippen molar-refractivity contribution in [1.29, 1.82) is 0 Å². The number of rotatable bonds is 6. The third-order valence-corrected chi connectivity index (χ3v) is 6.05. The summed E-state index contributed by atoms with van der Waals surface area (Å²) in [5, 5.41) is 7.30. The normalized spacial score (nSPS) is 17.8. The first kappa shape index (κ1) is 18.8. The molecule has 1 aromatic heterocycles. The monoisotopic (exact) mass is 390 g/mol. The van der Waals surface area contributed by atoms with Crippen LogP contribution in [0.15, 0.2) is 65.1 Å². The Hall–Kier alpha value is -2.50. The summed E-state index contributed by atoms with van der Waals surface area (Å²) in [6, 6.07) is 19.4. The molecule has 1 atom stereocenters. The van der Waals surface area contributed by atoms with E-state index in [1.165, 1.54) is 31.4 Å². The average Bonchev–Trinajstić information content (AvgIpc) is 3.21. The zero-order chi connectivity index (χ0) is 19.2. The first-order valence-electron chi connectivity index (χ1n) is 9.91. The summed E-state index contributed by atoms with van der Waals surface area (Å²) >= 11 is 1.57. The molecule has 2 heterocycles. The maximum atomic E-state index is 4.62. The number of benzene rings is 2. The quantitative estimate of drug-likeness (QED) is 0.438. The van der Waals surface area contributed by atoms with E-state index >= 15 is 0 Å². The number of nitrogens with zero attached hydrogens (tertiary/aromatic N) is 3. The van der Waals surface area contributed by atoms with Crippen molar-refractivity contribution in [3.8, 4) is 11.3 Å². The van der Waals surface area contributed by atoms with E-state index in [1.807, 2.05) is 24.4 Å². The van der Waals surface area contributed by atoms with Crippen molar-refractivity contribution in [3.05, 3.63) is 71.1 Å². The van der Waals surface area contributed by atoms with E-state index in [0.29, 0.717) is 6.04 Å². The molecule has 1 aliphatic heterocycles. The van der Waals surface area contributed by atoms with Gasteiger partial charge in [0.25, 0.3) is 0 Å². The summed E-state index contributed by atoms with van der Waals surface area (Å²) < 4.78 is 0. The SMILES string of the molecule is CC1CCCCN1Cc1ccccc1C=NNc1nc(-c2ccccc2)cs1. The second-order valence-corrected chi connectivity index (χ2v) is 8.15. The molecule has 1 aliphatic rings. The predicted molar refractivity (Wildman–Crippen MR) is 119 cm³/mol. The van der Waals surface area contributed by atoms with Gasteiger partial charge in [0.1, 0.15) is 0 Å². The molecule has 1 N–H and O–H groups in total. The molecular weight excluding hydrogens is 364 g/mol. The zero-order valence-corrected chi connectivity index (χ0v) is 17.0. The van der Waals surface area contributed by atoms with Crippen LogP contribution in [0.4, 0.5) is 5.13 Å². The molecule has 28 heavy (non-hydrogen) atoms. The topological polar surface area (TPSA) is 40.5 Å². The van der Waals surface area contributed by atoms with Gasteiger partial charge < -0.3 is 0 Å². The lowest BCUT2D eigenvalue weighted by Gasteiger charge is -2.33. The third kappa shape index (κ3) is 4.66. The highest BCUT2D eigenvalue weighted by Crippen LogP contribution is 2.24. The number of piperidine rings is 1. The van der Waals surface area contributed by atoms with Crippen molar-refractivity contribution in [2.24, 2.45) is 5.10 Å². The highest BCUT2D eigenvalue weighted by atomic mass is 32.1. The van der Waals surface area contributed by atoms with Crippen molar-refractivity contribution in [3.63, 3.8) is 0 Å². The van der Waals surface area contributed by atoms with Crippen LogP contribution in [0, 0.1) is 0 Å². The highest BCUT2D eigenvalue weighted by molar-refractivity contribution is 7.14. The van der Waals surface area contributed by atoms with Gasteiger partial charge in [-0.15, -0.1) is 11.3 Å². The van der Waals surface area contributed by atoms with Crippen LogP contribution >= 0.6 is 11.3 Å². The van der Waals surface area contributed by atoms with E-state index in [2.05, 4.69) is 69.1 Å². The summed E-state index contributed by atoms with van der Waals surface area (Å²) in [6.07, 6.45) is 5.86. The first-order valence-corrected chi connectivity index (χ1v) is 10.8. The van der Waals surface area contributed by atoms with Gasteiger partial charge in [-0.05, 0) is 37.4 Å². The molecule has 5 heteroatoms. The zero-order valence-electron chi connectivity index (χ0n) is 16.2. The smallest absolute Gasteiger partial charge is 0.203 e. The van der Waals surface area contributed by atoms with Gasteiger partial charge in [0.15, 0.2) is 0 Å². The first-order chi connectivity index (χ1) is 13.8. The van der Waals surface area contributed by atoms with E-state index in [9.17, 15) is 0 Å². The van der Waals surface area contributed by atoms with Gasteiger partial charge in [0.2, 0.25) is 5.13 Å². The molecule has 3 aromatic rings. The molecule has 0 amide bonds. The Bertz CT molecular complexity index is 919. The van der Waals surface area contributed by atoms with Gasteiger partial charge in [0, 0.05) is 23.5 Å². The molecule has 1 fully saturated rings. The molecule has 0 spiro atoms. The van der Waals surface area contributed by atoms with E-state index in [4.69, 9.17) is 0 Å². The maximum Gasteiger partial charge on any atom is 0.203 e. The molecule has 144 valence electrons. The lowest BCUT2D eigenvalue weighted by atomic mass is 10.0. The number of hydrogen-bond donors (Lipinski definition) is 1. The van der Waals surface area contributed by atoms with Crippen LogP contribution < -0.4 is 5.43 Å². The van der Waals surface area contributed by atoms with E-state index in [-0.39, 0.29) is 0 Å². The van der Waals surface area contributed by atoms with Crippen LogP contribution in [0.1, 0.15) is 37.3 Å². The summed E-state index contributed by atoms with van der Waals surface area (Å²) in [6.45, 7) is 4.51. The van der Waals surface area contributed by atoms with Crippen LogP contribution in [0.3, 0.4) is 0 Å². The number of nitrogens with one attached hydrogen (secondary N) is 1. The molecule has 0 bridgehead atoms. The molecule has 0 saturated carbocycles. The van der Waals surface area contributed by atoms with Crippen LogP contribution in [0.25, 0.3) is 11.3 Å². The fraction of sp³-hybridized carbons (Fsp3) is 0.304. The van der Waals surface area contributed by atoms with E-state index in [1.54, 1.807) is 11.3 Å². The molecule has 1 unspecified atom stereocenters. The average molecular weight is 391 g/mol. The lowest BCUT2D eigenvalue weighted by Crippen LogP contribution is -2.36. The van der Waals surface area contributed by atoms with Crippen LogP contribution in [-0.2, 0) is 6.54 Å². The summed E-state index contributed by atoms with van der Waals surface area (Å²) in [5.41, 5.74) is 7.67. The maximum absolute atomic E-state index is 4.62. The van der Waals surface area contributed by atoms with Crippen LogP contribution in [-0.4, -0.2) is 28.7 Å². The standard InChI is InChI=1S/C23H26N4S/c1-18-9-7-8-14-27(18)16-21-13-6-5-12-20(21)15-24-26-23-25-22(17-28-23)19-10-3-2-4-11-19/h2-6,10-13,15,17-18H,7-9,14,16H2,1H3,(H,25,26). The molecule has 2 aromatic carbocycles. The second-order valence-electron chi connectivity index (χ2n) is 7.29. The predicted octanol–water partition coefficient (Wildman–Crippen LogP) is 5.63. The Morgan fingerprint density at radius 1 is 1.14 bits per heavy atom. The number of aromatic nitrogens is 1. The van der Waals surface area contributed by atoms with E-state index < -0.39 is 0 Å². The molecule has 1 saturated heterocycles. The molecular formula is C23H26N4S. The number of likely N-dealkylation sites (tertiary alicyclic amines) is 1. The van der Waals surface area contributed by atoms with Crippen LogP contribution in [0.5, 0.6) is 0 Å². The van der Waals surface area contributed by atoms with Gasteiger partial charge >= 0.3 is 0 Å². The minimum absolute atomic E-state index is 0.656. The minimum atomic E-state index is 0.656. The Kier molecular flexibility index (Phi) is 6.14. The summed E-state index contributed by atoms with van der Waals surface area (Å²) in [5.74, 6) is 0. The van der Waals surface area contributed by atoms with Gasteiger partial charge in [-0.2, -0.15) is 5.10 Å². The Labute approximate surface area is 170 Å². The van der Waals surface area contributed by atoms with Gasteiger partial charge in [-0.1, -0.05) is 61.0 Å². The van der Waals surface area contributed by atoms with Gasteiger partial charge in [-0.3, -0.25) is 10.3 Å². The largest absolute Gasteiger partial charge is 0.296 e. The van der Waals surface area contributed by atoms with Crippen molar-refractivity contribution in [1.82, 2.24) is 9.88 Å². The van der Waals surface area contributed by atoms with Gasteiger partial charge in [0.05, 0.1) is 11.9 Å². The van der Waals surface area contributed by atoms with Gasteiger partial charge in [-0.25, -0.2) is 4.98 Å². The Balaban J connectivity index is 1.42. The van der Waals surface area contributed by atoms with Crippen molar-refractivity contribution < 1.29 is 0 Å². The third-order valence-electron chi connectivity index (χ3n) is 5.31.